The molecule has 2 aromatic rings. The lowest BCUT2D eigenvalue weighted by Gasteiger charge is -2.26. The number of rotatable bonds is 3. The molecule has 2 aromatic carbocycles. The van der Waals surface area contributed by atoms with Crippen molar-refractivity contribution in [2.75, 3.05) is 0 Å². The van der Waals surface area contributed by atoms with Crippen LogP contribution in [-0.4, -0.2) is 0 Å². The first-order chi connectivity index (χ1) is 8.90. The molecule has 2 rings (SSSR count). The molecule has 0 bridgehead atoms. The average molecular weight is 278 g/mol. The van der Waals surface area contributed by atoms with Gasteiger partial charge in [0.15, 0.2) is 0 Å². The van der Waals surface area contributed by atoms with Crippen LogP contribution in [0.2, 0.25) is 5.02 Å². The zero-order valence-electron chi connectivity index (χ0n) is 11.1. The molecule has 2 N–H and O–H groups in total. The van der Waals surface area contributed by atoms with E-state index >= 15 is 0 Å². The average Bonchev–Trinajstić information content (AvgIpc) is 2.35. The summed E-state index contributed by atoms with van der Waals surface area (Å²) in [6.07, 6.45) is 0.493. The first-order valence-corrected chi connectivity index (χ1v) is 6.57. The van der Waals surface area contributed by atoms with Crippen molar-refractivity contribution in [2.24, 2.45) is 5.73 Å². The molecule has 0 amide bonds. The van der Waals surface area contributed by atoms with Gasteiger partial charge in [-0.3, -0.25) is 0 Å². The van der Waals surface area contributed by atoms with E-state index in [1.54, 1.807) is 6.07 Å². The Morgan fingerprint density at radius 1 is 1.16 bits per heavy atom. The number of nitrogens with two attached hydrogens (primary N) is 1. The Balaban J connectivity index is 2.30. The molecule has 0 heterocycles. The number of hydrogen-bond acceptors (Lipinski definition) is 1. The molecular formula is C16H17ClFN. The summed E-state index contributed by atoms with van der Waals surface area (Å²) in [5.41, 5.74) is 8.70. The van der Waals surface area contributed by atoms with Crippen LogP contribution in [0.5, 0.6) is 0 Å². The smallest absolute Gasteiger partial charge is 0.142 e. The minimum atomic E-state index is -0.578. The lowest BCUT2D eigenvalue weighted by atomic mass is 9.86. The van der Waals surface area contributed by atoms with Crippen LogP contribution in [0.4, 0.5) is 4.39 Å². The highest BCUT2D eigenvalue weighted by Gasteiger charge is 2.23. The Hall–Kier alpha value is -1.38. The first-order valence-electron chi connectivity index (χ1n) is 6.19. The van der Waals surface area contributed by atoms with Crippen molar-refractivity contribution in [1.29, 1.82) is 0 Å². The van der Waals surface area contributed by atoms with Crippen molar-refractivity contribution in [1.82, 2.24) is 0 Å². The normalized spacial score (nSPS) is 14.2. The summed E-state index contributed by atoms with van der Waals surface area (Å²) in [5, 5.41) is 0.159. The zero-order chi connectivity index (χ0) is 14.0. The number of halogens is 2. The van der Waals surface area contributed by atoms with Gasteiger partial charge in [-0.25, -0.2) is 4.39 Å². The van der Waals surface area contributed by atoms with Gasteiger partial charge >= 0.3 is 0 Å². The molecular weight excluding hydrogens is 261 g/mol. The molecule has 100 valence electrons. The molecule has 3 heteroatoms. The molecule has 0 radical (unpaired) electrons. The summed E-state index contributed by atoms with van der Waals surface area (Å²) in [5.74, 6) is -0.404. The Morgan fingerprint density at radius 2 is 1.79 bits per heavy atom. The highest BCUT2D eigenvalue weighted by Crippen LogP contribution is 2.28. The van der Waals surface area contributed by atoms with E-state index in [0.29, 0.717) is 6.42 Å². The molecule has 0 aliphatic rings. The molecule has 0 aromatic heterocycles. The maximum absolute atomic E-state index is 13.4. The monoisotopic (exact) mass is 277 g/mol. The van der Waals surface area contributed by atoms with E-state index in [-0.39, 0.29) is 5.02 Å². The van der Waals surface area contributed by atoms with Gasteiger partial charge in [-0.15, -0.1) is 0 Å². The predicted octanol–water partition coefficient (Wildman–Crippen LogP) is 4.20. The third-order valence-corrected chi connectivity index (χ3v) is 3.72. The Kier molecular flexibility index (Phi) is 3.93. The van der Waals surface area contributed by atoms with Crippen molar-refractivity contribution in [3.8, 4) is 0 Å². The Morgan fingerprint density at radius 3 is 2.42 bits per heavy atom. The van der Waals surface area contributed by atoms with Gasteiger partial charge < -0.3 is 5.73 Å². The molecule has 0 fully saturated rings. The lowest BCUT2D eigenvalue weighted by Crippen LogP contribution is -2.35. The molecule has 1 nitrogen and oxygen atoms in total. The maximum Gasteiger partial charge on any atom is 0.142 e. The summed E-state index contributed by atoms with van der Waals surface area (Å²) >= 11 is 5.98. The van der Waals surface area contributed by atoms with Crippen molar-refractivity contribution >= 4 is 11.6 Å². The summed E-state index contributed by atoms with van der Waals surface area (Å²) < 4.78 is 13.4. The first kappa shape index (κ1) is 14.0. The van der Waals surface area contributed by atoms with Crippen molar-refractivity contribution in [2.45, 2.75) is 25.8 Å². The summed E-state index contributed by atoms with van der Waals surface area (Å²) in [6.45, 7) is 3.96. The number of hydrogen-bond donors (Lipinski definition) is 1. The van der Waals surface area contributed by atoms with Gasteiger partial charge in [-0.05, 0) is 37.5 Å². The third-order valence-electron chi connectivity index (χ3n) is 3.30. The summed E-state index contributed by atoms with van der Waals surface area (Å²) in [4.78, 5) is 0. The second-order valence-electron chi connectivity index (χ2n) is 5.17. The number of benzene rings is 2. The largest absolute Gasteiger partial charge is 0.321 e. The molecule has 0 spiro atoms. The van der Waals surface area contributed by atoms with Crippen molar-refractivity contribution in [3.05, 3.63) is 70.0 Å². The van der Waals surface area contributed by atoms with Crippen molar-refractivity contribution < 1.29 is 4.39 Å². The van der Waals surface area contributed by atoms with Crippen LogP contribution in [0, 0.1) is 12.7 Å². The second kappa shape index (κ2) is 5.32. The van der Waals surface area contributed by atoms with Crippen LogP contribution < -0.4 is 5.73 Å². The second-order valence-corrected chi connectivity index (χ2v) is 5.55. The third kappa shape index (κ3) is 3.14. The molecule has 1 unspecified atom stereocenters. The molecule has 19 heavy (non-hydrogen) atoms. The van der Waals surface area contributed by atoms with E-state index in [1.807, 2.05) is 44.2 Å². The van der Waals surface area contributed by atoms with Crippen LogP contribution in [0.25, 0.3) is 0 Å². The van der Waals surface area contributed by atoms with E-state index in [4.69, 9.17) is 17.3 Å². The van der Waals surface area contributed by atoms with E-state index < -0.39 is 11.4 Å². The highest BCUT2D eigenvalue weighted by molar-refractivity contribution is 6.31. The Labute approximate surface area is 118 Å². The van der Waals surface area contributed by atoms with Gasteiger partial charge in [-0.2, -0.15) is 0 Å². The van der Waals surface area contributed by atoms with E-state index in [0.717, 1.165) is 11.1 Å². The van der Waals surface area contributed by atoms with Crippen LogP contribution in [0.1, 0.15) is 23.6 Å². The van der Waals surface area contributed by atoms with Gasteiger partial charge in [0, 0.05) is 5.54 Å². The Bertz CT molecular complexity index is 576. The predicted molar refractivity (Wildman–Crippen MR) is 77.8 cm³/mol. The van der Waals surface area contributed by atoms with Crippen LogP contribution >= 0.6 is 11.6 Å². The van der Waals surface area contributed by atoms with Gasteiger partial charge in [-0.1, -0.05) is 53.6 Å². The molecule has 1 atom stereocenters. The lowest BCUT2D eigenvalue weighted by molar-refractivity contribution is 0.489. The van der Waals surface area contributed by atoms with E-state index in [9.17, 15) is 4.39 Å². The fourth-order valence-corrected chi connectivity index (χ4v) is 2.31. The van der Waals surface area contributed by atoms with Crippen LogP contribution in [-0.2, 0) is 12.0 Å². The zero-order valence-corrected chi connectivity index (χ0v) is 11.8. The molecule has 0 aliphatic heterocycles. The van der Waals surface area contributed by atoms with Gasteiger partial charge in [0.05, 0.1) is 5.02 Å². The molecule has 0 aliphatic carbocycles. The van der Waals surface area contributed by atoms with Crippen LogP contribution in [0.3, 0.4) is 0 Å². The molecule has 0 saturated heterocycles. The SMILES string of the molecule is Cc1ccc(C(C)(N)Cc2cccc(F)c2Cl)cc1. The minimum absolute atomic E-state index is 0.159. The quantitative estimate of drug-likeness (QED) is 0.894. The highest BCUT2D eigenvalue weighted by atomic mass is 35.5. The van der Waals surface area contributed by atoms with Gasteiger partial charge in [0.25, 0.3) is 0 Å². The standard InChI is InChI=1S/C16H17ClFN/c1-11-6-8-13(9-7-11)16(2,19)10-12-4-3-5-14(18)15(12)17/h3-9H,10,19H2,1-2H3. The van der Waals surface area contributed by atoms with Gasteiger partial charge in [0.1, 0.15) is 5.82 Å². The van der Waals surface area contributed by atoms with Gasteiger partial charge in [0.2, 0.25) is 0 Å². The summed E-state index contributed by atoms with van der Waals surface area (Å²) in [6, 6.07) is 12.9. The van der Waals surface area contributed by atoms with Crippen molar-refractivity contribution in [3.63, 3.8) is 0 Å². The maximum atomic E-state index is 13.4. The van der Waals surface area contributed by atoms with Crippen LogP contribution in [0.15, 0.2) is 42.5 Å². The van der Waals surface area contributed by atoms with E-state index in [1.165, 1.54) is 11.6 Å². The fourth-order valence-electron chi connectivity index (χ4n) is 2.12. The summed E-state index contributed by atoms with van der Waals surface area (Å²) in [7, 11) is 0. The topological polar surface area (TPSA) is 26.0 Å². The molecule has 0 saturated carbocycles. The van der Waals surface area contributed by atoms with E-state index in [2.05, 4.69) is 0 Å². The minimum Gasteiger partial charge on any atom is -0.321 e. The number of aryl methyl sites for hydroxylation is 1. The fraction of sp³-hybridized carbons (Fsp3) is 0.250.